The zero-order valence-electron chi connectivity index (χ0n) is 36.1. The summed E-state index contributed by atoms with van der Waals surface area (Å²) in [6.07, 6.45) is 0. The lowest BCUT2D eigenvalue weighted by molar-refractivity contribution is 0.660. The van der Waals surface area contributed by atoms with Gasteiger partial charge in [-0.3, -0.25) is 0 Å². The van der Waals surface area contributed by atoms with Gasteiger partial charge in [-0.05, 0) is 131 Å². The number of benzene rings is 10. The molecule has 0 bridgehead atoms. The van der Waals surface area contributed by atoms with Crippen molar-refractivity contribution in [1.29, 1.82) is 0 Å². The summed E-state index contributed by atoms with van der Waals surface area (Å²) in [4.78, 5) is 2.37. The maximum Gasteiger partial charge on any atom is 0.0462 e. The molecule has 1 nitrogen and oxygen atoms in total. The summed E-state index contributed by atoms with van der Waals surface area (Å²) in [5.41, 5.74) is 23.2. The molecule has 1 aliphatic rings. The SMILES string of the molecule is CC1(C)c2ccccc2-c2ccc(-c3ccccc3-c3ccc(N(c4ccc(-c5ccc(-c6ccccc6)cc5)cc4)c4ccc(-c5ccccc5-c5ccccc5)cc4)cc3)cc21. The Morgan fingerprint density at radius 3 is 1.00 bits per heavy atom. The average Bonchev–Trinajstić information content (AvgIpc) is 3.60. The van der Waals surface area contributed by atoms with Crippen molar-refractivity contribution in [3.05, 3.63) is 260 Å². The highest BCUT2D eigenvalue weighted by atomic mass is 15.1. The minimum absolute atomic E-state index is 0.0589. The first-order valence-electron chi connectivity index (χ1n) is 22.2. The van der Waals surface area contributed by atoms with Gasteiger partial charge in [-0.25, -0.2) is 0 Å². The summed E-state index contributed by atoms with van der Waals surface area (Å²) < 4.78 is 0. The number of hydrogen-bond acceptors (Lipinski definition) is 1. The lowest BCUT2D eigenvalue weighted by Gasteiger charge is -2.26. The molecular weight excluding hydrogens is 771 g/mol. The molecule has 0 heterocycles. The van der Waals surface area contributed by atoms with E-state index < -0.39 is 0 Å². The van der Waals surface area contributed by atoms with Crippen molar-refractivity contribution in [2.75, 3.05) is 4.90 Å². The van der Waals surface area contributed by atoms with E-state index in [1.54, 1.807) is 0 Å². The van der Waals surface area contributed by atoms with Gasteiger partial charge in [-0.1, -0.05) is 220 Å². The molecule has 0 aliphatic heterocycles. The van der Waals surface area contributed by atoms with Crippen LogP contribution in [-0.2, 0) is 5.41 Å². The highest BCUT2D eigenvalue weighted by molar-refractivity contribution is 5.90. The summed E-state index contributed by atoms with van der Waals surface area (Å²) in [5, 5.41) is 0. The van der Waals surface area contributed by atoms with Crippen LogP contribution >= 0.6 is 0 Å². The van der Waals surface area contributed by atoms with Crippen LogP contribution in [0.5, 0.6) is 0 Å². The zero-order chi connectivity index (χ0) is 43.0. The molecule has 0 aromatic heterocycles. The fraction of sp³-hybridized carbons (Fsp3) is 0.0476. The van der Waals surface area contributed by atoms with Gasteiger partial charge in [0.15, 0.2) is 0 Å². The van der Waals surface area contributed by atoms with Gasteiger partial charge in [0.1, 0.15) is 0 Å². The number of nitrogens with zero attached hydrogens (tertiary/aromatic N) is 1. The molecule has 0 spiro atoms. The van der Waals surface area contributed by atoms with Crippen LogP contribution in [0.15, 0.2) is 249 Å². The first-order chi connectivity index (χ1) is 31.5. The van der Waals surface area contributed by atoms with Gasteiger partial charge in [0.05, 0.1) is 0 Å². The van der Waals surface area contributed by atoms with Crippen LogP contribution in [-0.4, -0.2) is 0 Å². The van der Waals surface area contributed by atoms with Crippen molar-refractivity contribution in [3.63, 3.8) is 0 Å². The Bertz CT molecular complexity index is 3230. The first kappa shape index (κ1) is 38.9. The molecule has 0 unspecified atom stereocenters. The Labute approximate surface area is 377 Å². The van der Waals surface area contributed by atoms with Crippen molar-refractivity contribution in [2.45, 2.75) is 19.3 Å². The molecule has 0 saturated carbocycles. The molecule has 10 aromatic carbocycles. The molecule has 10 aromatic rings. The van der Waals surface area contributed by atoms with E-state index in [1.807, 2.05) is 0 Å². The minimum atomic E-state index is -0.0589. The number of rotatable bonds is 9. The maximum absolute atomic E-state index is 2.42. The molecule has 0 atom stereocenters. The van der Waals surface area contributed by atoms with Crippen LogP contribution in [0, 0.1) is 0 Å². The zero-order valence-corrected chi connectivity index (χ0v) is 36.1. The lowest BCUT2D eigenvalue weighted by Crippen LogP contribution is -2.14. The second-order valence-electron chi connectivity index (χ2n) is 17.3. The molecule has 11 rings (SSSR count). The fourth-order valence-corrected chi connectivity index (χ4v) is 9.78. The van der Waals surface area contributed by atoms with Gasteiger partial charge in [0, 0.05) is 22.5 Å². The Balaban J connectivity index is 0.948. The van der Waals surface area contributed by atoms with Crippen LogP contribution in [0.3, 0.4) is 0 Å². The number of anilines is 3. The normalized spacial score (nSPS) is 12.3. The molecule has 0 saturated heterocycles. The predicted octanol–water partition coefficient (Wildman–Crippen LogP) is 17.5. The van der Waals surface area contributed by atoms with Gasteiger partial charge in [0.25, 0.3) is 0 Å². The van der Waals surface area contributed by atoms with E-state index in [1.165, 1.54) is 89.0 Å². The van der Waals surface area contributed by atoms with Crippen molar-refractivity contribution in [3.8, 4) is 77.9 Å². The van der Waals surface area contributed by atoms with E-state index in [4.69, 9.17) is 0 Å². The third-order valence-corrected chi connectivity index (χ3v) is 13.2. The molecule has 0 N–H and O–H groups in total. The van der Waals surface area contributed by atoms with Gasteiger partial charge in [-0.2, -0.15) is 0 Å². The molecule has 0 amide bonds. The third kappa shape index (κ3) is 7.12. The second-order valence-corrected chi connectivity index (χ2v) is 17.3. The molecule has 64 heavy (non-hydrogen) atoms. The smallest absolute Gasteiger partial charge is 0.0462 e. The highest BCUT2D eigenvalue weighted by Crippen LogP contribution is 2.50. The maximum atomic E-state index is 2.42. The van der Waals surface area contributed by atoms with Crippen LogP contribution in [0.2, 0.25) is 0 Å². The lowest BCUT2D eigenvalue weighted by atomic mass is 9.81. The molecule has 304 valence electrons. The van der Waals surface area contributed by atoms with Crippen LogP contribution in [0.25, 0.3) is 77.9 Å². The van der Waals surface area contributed by atoms with Crippen LogP contribution in [0.1, 0.15) is 25.0 Å². The first-order valence-corrected chi connectivity index (χ1v) is 22.2. The summed E-state index contributed by atoms with van der Waals surface area (Å²) in [5.74, 6) is 0. The van der Waals surface area contributed by atoms with E-state index in [9.17, 15) is 0 Å². The largest absolute Gasteiger partial charge is 0.311 e. The molecule has 1 heteroatoms. The predicted molar refractivity (Wildman–Crippen MR) is 271 cm³/mol. The van der Waals surface area contributed by atoms with E-state index in [0.29, 0.717) is 0 Å². The Morgan fingerprint density at radius 2 is 0.531 bits per heavy atom. The average molecular weight is 818 g/mol. The topological polar surface area (TPSA) is 3.24 Å². The summed E-state index contributed by atoms with van der Waals surface area (Å²) in [7, 11) is 0. The minimum Gasteiger partial charge on any atom is -0.311 e. The highest BCUT2D eigenvalue weighted by Gasteiger charge is 2.35. The standard InChI is InChI=1S/C63H47N/c1-63(2)61-24-14-13-23-59(61)60-42-35-51(43-62(60)63)58-22-12-11-21-57(58)50-33-40-54(41-34-50)64(52-36-29-47(30-37-52)46-27-25-45(26-28-46)44-15-5-3-6-16-44)53-38-31-49(32-39-53)56-20-10-9-19-55(56)48-17-7-4-8-18-48/h3-43H,1-2H3. The van der Waals surface area contributed by atoms with Crippen molar-refractivity contribution in [2.24, 2.45) is 0 Å². The molecule has 0 fully saturated rings. The van der Waals surface area contributed by atoms with Crippen molar-refractivity contribution < 1.29 is 0 Å². The molecular formula is C63H47N. The second kappa shape index (κ2) is 16.4. The Morgan fingerprint density at radius 1 is 0.234 bits per heavy atom. The van der Waals surface area contributed by atoms with Crippen molar-refractivity contribution >= 4 is 17.1 Å². The third-order valence-electron chi connectivity index (χ3n) is 13.2. The van der Waals surface area contributed by atoms with Gasteiger partial charge >= 0.3 is 0 Å². The van der Waals surface area contributed by atoms with Crippen LogP contribution < -0.4 is 4.90 Å². The summed E-state index contributed by atoms with van der Waals surface area (Å²) >= 11 is 0. The monoisotopic (exact) mass is 817 g/mol. The Hall–Kier alpha value is -8.00. The summed E-state index contributed by atoms with van der Waals surface area (Å²) in [6, 6.07) is 90.6. The van der Waals surface area contributed by atoms with E-state index in [0.717, 1.165) is 17.1 Å². The fourth-order valence-electron chi connectivity index (χ4n) is 9.78. The number of fused-ring (bicyclic) bond motifs is 3. The Kier molecular flexibility index (Phi) is 9.94. The van der Waals surface area contributed by atoms with Crippen LogP contribution in [0.4, 0.5) is 17.1 Å². The van der Waals surface area contributed by atoms with Crippen molar-refractivity contribution in [1.82, 2.24) is 0 Å². The van der Waals surface area contributed by atoms with E-state index >= 15 is 0 Å². The number of hydrogen-bond donors (Lipinski definition) is 0. The van der Waals surface area contributed by atoms with Gasteiger partial charge in [-0.15, -0.1) is 0 Å². The molecule has 1 aliphatic carbocycles. The molecule has 0 radical (unpaired) electrons. The van der Waals surface area contributed by atoms with Gasteiger partial charge in [0.2, 0.25) is 0 Å². The summed E-state index contributed by atoms with van der Waals surface area (Å²) in [6.45, 7) is 4.71. The quantitative estimate of drug-likeness (QED) is 0.140. The van der Waals surface area contributed by atoms with Gasteiger partial charge < -0.3 is 4.90 Å². The van der Waals surface area contributed by atoms with E-state index in [2.05, 4.69) is 267 Å². The van der Waals surface area contributed by atoms with E-state index in [-0.39, 0.29) is 5.41 Å².